The zero-order chi connectivity index (χ0) is 11.9. The van der Waals surface area contributed by atoms with Gasteiger partial charge in [-0.25, -0.2) is 0 Å². The van der Waals surface area contributed by atoms with Gasteiger partial charge in [0.25, 0.3) is 0 Å². The Morgan fingerprint density at radius 3 is 2.83 bits per heavy atom. The molecule has 0 aromatic carbocycles. The summed E-state index contributed by atoms with van der Waals surface area (Å²) in [5.74, 6) is 0.188. The van der Waals surface area contributed by atoms with Gasteiger partial charge in [0.15, 0.2) is 0 Å². The average molecular weight is 277 g/mol. The van der Waals surface area contributed by atoms with Crippen LogP contribution in [0.25, 0.3) is 0 Å². The highest BCUT2D eigenvalue weighted by molar-refractivity contribution is 5.85. The lowest BCUT2D eigenvalue weighted by atomic mass is 10.0. The molecule has 0 spiro atoms. The van der Waals surface area contributed by atoms with Crippen molar-refractivity contribution in [3.8, 4) is 0 Å². The topological polar surface area (TPSA) is 50.4 Å². The lowest BCUT2D eigenvalue weighted by Gasteiger charge is -2.25. The van der Waals surface area contributed by atoms with E-state index in [-0.39, 0.29) is 18.3 Å². The smallest absolute Gasteiger partial charge is 0.220 e. The van der Waals surface area contributed by atoms with Gasteiger partial charge >= 0.3 is 0 Å². The van der Waals surface area contributed by atoms with Gasteiger partial charge < -0.3 is 15.4 Å². The second kappa shape index (κ2) is 8.73. The minimum absolute atomic E-state index is 0. The van der Waals surface area contributed by atoms with Crippen molar-refractivity contribution in [2.45, 2.75) is 57.1 Å². The molecular weight excluding hydrogens is 252 g/mol. The highest BCUT2D eigenvalue weighted by Gasteiger charge is 2.18. The summed E-state index contributed by atoms with van der Waals surface area (Å²) in [4.78, 5) is 11.8. The van der Waals surface area contributed by atoms with Crippen LogP contribution in [0, 0.1) is 0 Å². The number of amides is 1. The Bertz CT molecular complexity index is 239. The number of piperidine rings is 1. The van der Waals surface area contributed by atoms with Crippen molar-refractivity contribution in [3.63, 3.8) is 0 Å². The average Bonchev–Trinajstić information content (AvgIpc) is 2.39. The monoisotopic (exact) mass is 276 g/mol. The van der Waals surface area contributed by atoms with Crippen molar-refractivity contribution in [1.29, 1.82) is 0 Å². The maximum Gasteiger partial charge on any atom is 0.220 e. The van der Waals surface area contributed by atoms with Crippen LogP contribution in [0.4, 0.5) is 0 Å². The maximum absolute atomic E-state index is 11.8. The lowest BCUT2D eigenvalue weighted by Crippen LogP contribution is -2.45. The van der Waals surface area contributed by atoms with Crippen molar-refractivity contribution >= 4 is 18.3 Å². The summed E-state index contributed by atoms with van der Waals surface area (Å²) in [6.07, 6.45) is 7.63. The van der Waals surface area contributed by atoms with Crippen LogP contribution in [-0.2, 0) is 9.53 Å². The molecule has 2 aliphatic heterocycles. The predicted octanol–water partition coefficient (Wildman–Crippen LogP) is 1.63. The molecule has 2 aliphatic rings. The van der Waals surface area contributed by atoms with Gasteiger partial charge in [0.1, 0.15) is 0 Å². The highest BCUT2D eigenvalue weighted by atomic mass is 35.5. The van der Waals surface area contributed by atoms with E-state index in [1.54, 1.807) is 0 Å². The molecule has 106 valence electrons. The van der Waals surface area contributed by atoms with Crippen molar-refractivity contribution in [1.82, 2.24) is 10.6 Å². The number of carbonyl (C=O) groups is 1. The number of ether oxygens (including phenoxy) is 1. The normalized spacial score (nSPS) is 28.2. The Morgan fingerprint density at radius 1 is 1.28 bits per heavy atom. The van der Waals surface area contributed by atoms with Crippen LogP contribution in [0.3, 0.4) is 0 Å². The first-order valence-corrected chi connectivity index (χ1v) is 6.96. The number of rotatable bonds is 4. The zero-order valence-electron chi connectivity index (χ0n) is 11.0. The van der Waals surface area contributed by atoms with E-state index in [0.717, 1.165) is 45.4 Å². The van der Waals surface area contributed by atoms with Crippen LogP contribution < -0.4 is 10.6 Å². The fourth-order valence-electron chi connectivity index (χ4n) is 2.60. The molecule has 0 aliphatic carbocycles. The van der Waals surface area contributed by atoms with Gasteiger partial charge in [-0.15, -0.1) is 12.4 Å². The van der Waals surface area contributed by atoms with Gasteiger partial charge in [0.2, 0.25) is 5.91 Å². The first-order chi connectivity index (χ1) is 8.34. The second-order valence-corrected chi connectivity index (χ2v) is 5.14. The van der Waals surface area contributed by atoms with E-state index < -0.39 is 0 Å². The second-order valence-electron chi connectivity index (χ2n) is 5.14. The number of halogens is 1. The van der Waals surface area contributed by atoms with Gasteiger partial charge in [-0.1, -0.05) is 0 Å². The third kappa shape index (κ3) is 5.55. The molecule has 2 saturated heterocycles. The molecule has 2 rings (SSSR count). The minimum Gasteiger partial charge on any atom is -0.378 e. The number of hydrogen-bond donors (Lipinski definition) is 2. The van der Waals surface area contributed by atoms with Gasteiger partial charge in [-0.2, -0.15) is 0 Å². The molecule has 5 heteroatoms. The van der Waals surface area contributed by atoms with Crippen LogP contribution in [0.5, 0.6) is 0 Å². The fourth-order valence-corrected chi connectivity index (χ4v) is 2.60. The van der Waals surface area contributed by atoms with Gasteiger partial charge in [-0.3, -0.25) is 4.79 Å². The molecule has 1 unspecified atom stereocenters. The molecule has 18 heavy (non-hydrogen) atoms. The molecule has 2 heterocycles. The Morgan fingerprint density at radius 2 is 2.17 bits per heavy atom. The standard InChI is InChI=1S/C13H24N2O2.ClH/c16-13(15-11-4-3-8-14-10-11)7-6-12-5-1-2-9-17-12;/h11-12,14H,1-10H2,(H,15,16);1H/t11-,12?;/m1./s1. The summed E-state index contributed by atoms with van der Waals surface area (Å²) in [7, 11) is 0. The molecule has 2 atom stereocenters. The number of nitrogens with one attached hydrogen (secondary N) is 2. The van der Waals surface area contributed by atoms with E-state index in [1.807, 2.05) is 0 Å². The van der Waals surface area contributed by atoms with Crippen LogP contribution in [0.2, 0.25) is 0 Å². The van der Waals surface area contributed by atoms with Crippen LogP contribution in [0.15, 0.2) is 0 Å². The molecule has 0 aromatic rings. The fraction of sp³-hybridized carbons (Fsp3) is 0.923. The first kappa shape index (κ1) is 15.7. The summed E-state index contributed by atoms with van der Waals surface area (Å²) in [6, 6.07) is 0.337. The van der Waals surface area contributed by atoms with Crippen LogP contribution >= 0.6 is 12.4 Å². The van der Waals surface area contributed by atoms with Gasteiger partial charge in [-0.05, 0) is 45.1 Å². The summed E-state index contributed by atoms with van der Waals surface area (Å²) in [5, 5.41) is 6.41. The SMILES string of the molecule is Cl.O=C(CCC1CCCCO1)N[C@@H]1CCCNC1. The van der Waals surface area contributed by atoms with Gasteiger partial charge in [0, 0.05) is 25.6 Å². The predicted molar refractivity (Wildman–Crippen MR) is 74.1 cm³/mol. The summed E-state index contributed by atoms with van der Waals surface area (Å²) in [5.41, 5.74) is 0. The number of carbonyl (C=O) groups excluding carboxylic acids is 1. The molecule has 0 saturated carbocycles. The quantitative estimate of drug-likeness (QED) is 0.821. The highest BCUT2D eigenvalue weighted by Crippen LogP contribution is 2.16. The van der Waals surface area contributed by atoms with E-state index in [9.17, 15) is 4.79 Å². The Labute approximate surface area is 116 Å². The Kier molecular flexibility index (Phi) is 7.63. The van der Waals surface area contributed by atoms with E-state index in [0.29, 0.717) is 18.6 Å². The van der Waals surface area contributed by atoms with Crippen molar-refractivity contribution in [2.24, 2.45) is 0 Å². The van der Waals surface area contributed by atoms with E-state index in [4.69, 9.17) is 4.74 Å². The molecule has 1 amide bonds. The lowest BCUT2D eigenvalue weighted by molar-refractivity contribution is -0.122. The van der Waals surface area contributed by atoms with E-state index in [1.165, 1.54) is 12.8 Å². The van der Waals surface area contributed by atoms with Gasteiger partial charge in [0.05, 0.1) is 6.10 Å². The molecule has 4 nitrogen and oxygen atoms in total. The maximum atomic E-state index is 11.8. The molecule has 0 aromatic heterocycles. The first-order valence-electron chi connectivity index (χ1n) is 6.96. The molecule has 0 bridgehead atoms. The Hall–Kier alpha value is -0.320. The largest absolute Gasteiger partial charge is 0.378 e. The molecule has 2 fully saturated rings. The third-order valence-electron chi connectivity index (χ3n) is 3.63. The third-order valence-corrected chi connectivity index (χ3v) is 3.63. The molecule has 2 N–H and O–H groups in total. The molecule has 0 radical (unpaired) electrons. The van der Waals surface area contributed by atoms with Crippen LogP contribution in [0.1, 0.15) is 44.9 Å². The van der Waals surface area contributed by atoms with Crippen LogP contribution in [-0.4, -0.2) is 37.7 Å². The Balaban J connectivity index is 0.00000162. The summed E-state index contributed by atoms with van der Waals surface area (Å²) < 4.78 is 5.63. The minimum atomic E-state index is 0. The van der Waals surface area contributed by atoms with Crippen molar-refractivity contribution in [3.05, 3.63) is 0 Å². The molecular formula is C13H25ClN2O2. The zero-order valence-corrected chi connectivity index (χ0v) is 11.8. The summed E-state index contributed by atoms with van der Waals surface area (Å²) >= 11 is 0. The number of hydrogen-bond acceptors (Lipinski definition) is 3. The van der Waals surface area contributed by atoms with Crippen molar-refractivity contribution < 1.29 is 9.53 Å². The van der Waals surface area contributed by atoms with E-state index >= 15 is 0 Å². The van der Waals surface area contributed by atoms with Crippen molar-refractivity contribution in [2.75, 3.05) is 19.7 Å². The summed E-state index contributed by atoms with van der Waals surface area (Å²) in [6.45, 7) is 2.88. The van der Waals surface area contributed by atoms with E-state index in [2.05, 4.69) is 10.6 Å².